The SMILES string of the molecule is CC.Cc1nc(C(=O)N(C)C(C)(C)CO)sc1-c1cnc(NCC(F)(F)F)cc1C(F)F.O=CN1C2CCC1CC2. The summed E-state index contributed by atoms with van der Waals surface area (Å²) < 4.78 is 64.3. The number of pyridine rings is 1. The molecule has 0 radical (unpaired) electrons. The largest absolute Gasteiger partial charge is 0.405 e. The predicted octanol–water partition coefficient (Wildman–Crippen LogP) is 6.06. The van der Waals surface area contributed by atoms with Gasteiger partial charge >= 0.3 is 6.18 Å². The van der Waals surface area contributed by atoms with Crippen LogP contribution in [0, 0.1) is 6.92 Å². The van der Waals surface area contributed by atoms with Gasteiger partial charge in [0.1, 0.15) is 12.4 Å². The van der Waals surface area contributed by atoms with Gasteiger partial charge in [0.25, 0.3) is 12.3 Å². The van der Waals surface area contributed by atoms with Gasteiger partial charge in [0.05, 0.1) is 22.7 Å². The summed E-state index contributed by atoms with van der Waals surface area (Å²) >= 11 is 0.873. The molecule has 2 aromatic heterocycles. The smallest absolute Gasteiger partial charge is 0.394 e. The molecule has 0 aromatic carbocycles. The van der Waals surface area contributed by atoms with Crippen LogP contribution >= 0.6 is 11.3 Å². The zero-order chi connectivity index (χ0) is 31.1. The molecular weight excluding hydrogens is 569 g/mol. The molecular formula is C27H38F5N5O3S. The lowest BCUT2D eigenvalue weighted by molar-refractivity contribution is -0.119. The summed E-state index contributed by atoms with van der Waals surface area (Å²) in [6, 6.07) is 2.09. The molecule has 2 amide bonds. The number of likely N-dealkylation sites (N-methyl/N-ethyl adjacent to an activating group) is 1. The Morgan fingerprint density at radius 3 is 2.22 bits per heavy atom. The van der Waals surface area contributed by atoms with Gasteiger partial charge in [-0.3, -0.25) is 9.59 Å². The third-order valence-electron chi connectivity index (χ3n) is 7.10. The molecule has 2 aliphatic rings. The van der Waals surface area contributed by atoms with E-state index in [9.17, 15) is 36.6 Å². The maximum atomic E-state index is 13.6. The Morgan fingerprint density at radius 2 is 1.78 bits per heavy atom. The van der Waals surface area contributed by atoms with Crippen LogP contribution in [0.4, 0.5) is 27.8 Å². The Bertz CT molecular complexity index is 1150. The molecule has 2 fully saturated rings. The fourth-order valence-electron chi connectivity index (χ4n) is 4.52. The minimum absolute atomic E-state index is 0.0133. The lowest BCUT2D eigenvalue weighted by atomic mass is 10.0. The van der Waals surface area contributed by atoms with E-state index in [1.807, 2.05) is 24.1 Å². The van der Waals surface area contributed by atoms with Crippen LogP contribution in [0.1, 0.15) is 80.9 Å². The van der Waals surface area contributed by atoms with E-state index in [2.05, 4.69) is 9.97 Å². The van der Waals surface area contributed by atoms with Gasteiger partial charge < -0.3 is 20.2 Å². The molecule has 2 aliphatic heterocycles. The number of aliphatic hydroxyl groups excluding tert-OH is 1. The van der Waals surface area contributed by atoms with Crippen LogP contribution in [0.3, 0.4) is 0 Å². The average molecular weight is 608 g/mol. The van der Waals surface area contributed by atoms with Crippen molar-refractivity contribution in [3.05, 3.63) is 28.5 Å². The maximum Gasteiger partial charge on any atom is 0.405 e. The summed E-state index contributed by atoms with van der Waals surface area (Å²) in [5.41, 5.74) is -1.10. The summed E-state index contributed by atoms with van der Waals surface area (Å²) in [4.78, 5) is 34.6. The van der Waals surface area contributed by atoms with E-state index in [-0.39, 0.29) is 27.9 Å². The van der Waals surface area contributed by atoms with Crippen molar-refractivity contribution in [1.82, 2.24) is 19.8 Å². The van der Waals surface area contributed by atoms with Crippen LogP contribution in [0.15, 0.2) is 12.3 Å². The molecule has 2 N–H and O–H groups in total. The van der Waals surface area contributed by atoms with Crippen molar-refractivity contribution >= 4 is 29.5 Å². The number of hydrogen-bond donors (Lipinski definition) is 2. The number of nitrogens with one attached hydrogen (secondary N) is 1. The van der Waals surface area contributed by atoms with Gasteiger partial charge in [-0.1, -0.05) is 13.8 Å². The fourth-order valence-corrected chi connectivity index (χ4v) is 5.59. The first-order chi connectivity index (χ1) is 19.2. The van der Waals surface area contributed by atoms with Gasteiger partial charge in [-0.15, -0.1) is 11.3 Å². The van der Waals surface area contributed by atoms with Crippen LogP contribution in [0.2, 0.25) is 0 Å². The summed E-state index contributed by atoms with van der Waals surface area (Å²) in [7, 11) is 1.49. The molecule has 2 saturated heterocycles. The summed E-state index contributed by atoms with van der Waals surface area (Å²) in [6.07, 6.45) is -0.430. The van der Waals surface area contributed by atoms with Crippen molar-refractivity contribution in [2.24, 2.45) is 0 Å². The number of thiazole rings is 1. The summed E-state index contributed by atoms with van der Waals surface area (Å²) in [5.74, 6) is -0.835. The zero-order valence-corrected chi connectivity index (χ0v) is 24.9. The monoisotopic (exact) mass is 607 g/mol. The molecule has 8 nitrogen and oxygen atoms in total. The van der Waals surface area contributed by atoms with Crippen molar-refractivity contribution in [1.29, 1.82) is 0 Å². The number of halogens is 5. The summed E-state index contributed by atoms with van der Waals surface area (Å²) in [6.45, 7) is 7.13. The van der Waals surface area contributed by atoms with E-state index in [4.69, 9.17) is 0 Å². The molecule has 0 atom stereocenters. The second-order valence-corrected chi connectivity index (χ2v) is 11.2. The first-order valence-electron chi connectivity index (χ1n) is 13.4. The van der Waals surface area contributed by atoms with E-state index in [1.165, 1.54) is 44.6 Å². The van der Waals surface area contributed by atoms with Gasteiger partial charge in [-0.25, -0.2) is 18.7 Å². The highest BCUT2D eigenvalue weighted by Gasteiger charge is 2.38. The third kappa shape index (κ3) is 8.57. The number of hydrogen-bond acceptors (Lipinski definition) is 7. The summed E-state index contributed by atoms with van der Waals surface area (Å²) in [5, 5.41) is 11.4. The highest BCUT2D eigenvalue weighted by Crippen LogP contribution is 2.38. The van der Waals surface area contributed by atoms with Gasteiger partial charge in [-0.05, 0) is 52.5 Å². The number of carbonyl (C=O) groups excluding carboxylic acids is 2. The van der Waals surface area contributed by atoms with Crippen LogP contribution in [0.5, 0.6) is 0 Å². The van der Waals surface area contributed by atoms with Crippen LogP contribution in [0.25, 0.3) is 10.4 Å². The Labute approximate surface area is 241 Å². The molecule has 0 aliphatic carbocycles. The number of fused-ring (bicyclic) bond motifs is 2. The number of aromatic nitrogens is 2. The lowest BCUT2D eigenvalue weighted by Gasteiger charge is -2.33. The Balaban J connectivity index is 0.000000442. The zero-order valence-electron chi connectivity index (χ0n) is 24.1. The van der Waals surface area contributed by atoms with E-state index >= 15 is 0 Å². The molecule has 0 unspecified atom stereocenters. The number of anilines is 1. The van der Waals surface area contributed by atoms with Gasteiger partial charge in [-0.2, -0.15) is 13.2 Å². The molecule has 230 valence electrons. The standard InChI is InChI=1S/C18H21F5N4O2S.C7H11NO.C2H6/c1-9-13(30-15(26-9)16(29)27(4)17(2,3)8-28)11-6-24-12(5-10(11)14(19)20)25-7-18(21,22)23;9-5-8-6-1-2-7(8)4-3-6;1-2/h5-6,14,28H,7-8H2,1-4H3,(H,24,25);5-7H,1-4H2;1-2H3. The molecule has 41 heavy (non-hydrogen) atoms. The van der Waals surface area contributed by atoms with E-state index in [0.29, 0.717) is 17.8 Å². The van der Waals surface area contributed by atoms with Gasteiger partial charge in [0.2, 0.25) is 6.41 Å². The van der Waals surface area contributed by atoms with E-state index in [0.717, 1.165) is 30.0 Å². The normalized spacial score (nSPS) is 17.9. The van der Waals surface area contributed by atoms with Crippen molar-refractivity contribution in [3.8, 4) is 10.4 Å². The van der Waals surface area contributed by atoms with Crippen molar-refractivity contribution < 1.29 is 36.6 Å². The number of amides is 2. The Kier molecular flexibility index (Phi) is 12.0. The first kappa shape index (κ1) is 34.3. The molecule has 4 rings (SSSR count). The Morgan fingerprint density at radius 1 is 1.22 bits per heavy atom. The number of carbonyl (C=O) groups is 2. The highest BCUT2D eigenvalue weighted by molar-refractivity contribution is 7.17. The molecule has 0 spiro atoms. The number of aryl methyl sites for hydroxylation is 1. The minimum atomic E-state index is -4.52. The van der Waals surface area contributed by atoms with Gasteiger partial charge in [0.15, 0.2) is 5.01 Å². The number of rotatable bonds is 8. The third-order valence-corrected chi connectivity index (χ3v) is 8.27. The Hall–Kier alpha value is -2.87. The van der Waals surface area contributed by atoms with E-state index < -0.39 is 36.2 Å². The minimum Gasteiger partial charge on any atom is -0.394 e. The topological polar surface area (TPSA) is 98.7 Å². The van der Waals surface area contributed by atoms with Gasteiger partial charge in [0, 0.05) is 36.5 Å². The lowest BCUT2D eigenvalue weighted by Crippen LogP contribution is -2.47. The number of nitrogens with zero attached hydrogens (tertiary/aromatic N) is 4. The molecule has 14 heteroatoms. The molecule has 0 saturated carbocycles. The number of aliphatic hydroxyl groups is 1. The maximum absolute atomic E-state index is 13.6. The first-order valence-corrected chi connectivity index (χ1v) is 14.2. The van der Waals surface area contributed by atoms with Crippen LogP contribution in [-0.4, -0.2) is 81.2 Å². The average Bonchev–Trinajstić information content (AvgIpc) is 3.65. The second kappa shape index (κ2) is 14.3. The van der Waals surface area contributed by atoms with E-state index in [1.54, 1.807) is 13.8 Å². The fraction of sp³-hybridized carbons (Fsp3) is 0.630. The number of alkyl halides is 5. The molecule has 2 bridgehead atoms. The van der Waals surface area contributed by atoms with Crippen LogP contribution in [-0.2, 0) is 4.79 Å². The second-order valence-electron chi connectivity index (χ2n) is 10.2. The van der Waals surface area contributed by atoms with Crippen LogP contribution < -0.4 is 5.32 Å². The molecule has 4 heterocycles. The quantitative estimate of drug-likeness (QED) is 0.280. The highest BCUT2D eigenvalue weighted by atomic mass is 32.1. The van der Waals surface area contributed by atoms with Crippen molar-refractivity contribution in [3.63, 3.8) is 0 Å². The molecule has 2 aromatic rings. The predicted molar refractivity (Wildman–Crippen MR) is 148 cm³/mol. The van der Waals surface area contributed by atoms with Crippen molar-refractivity contribution in [2.75, 3.05) is 25.5 Å². The van der Waals surface area contributed by atoms with Crippen molar-refractivity contribution in [2.45, 2.75) is 90.5 Å².